The number of hydrogen-bond acceptors (Lipinski definition) is 7. The van der Waals surface area contributed by atoms with Gasteiger partial charge in [-0.2, -0.15) is 18.4 Å². The third-order valence-corrected chi connectivity index (χ3v) is 7.50. The number of halogens is 4. The van der Waals surface area contributed by atoms with Gasteiger partial charge in [0.25, 0.3) is 0 Å². The predicted molar refractivity (Wildman–Crippen MR) is 118 cm³/mol. The van der Waals surface area contributed by atoms with E-state index >= 15 is 0 Å². The normalized spacial score (nSPS) is 31.0. The fraction of sp³-hybridized carbons (Fsp3) is 0.417. The molecule has 2 amide bonds. The summed E-state index contributed by atoms with van der Waals surface area (Å²) in [4.78, 5) is 31.7. The number of aromatic nitrogens is 1. The van der Waals surface area contributed by atoms with Gasteiger partial charge in [0.15, 0.2) is 0 Å². The number of hydrogen-bond donors (Lipinski definition) is 1. The van der Waals surface area contributed by atoms with E-state index in [-0.39, 0.29) is 31.0 Å². The van der Waals surface area contributed by atoms with Gasteiger partial charge in [-0.3, -0.25) is 9.59 Å². The second-order valence-electron chi connectivity index (χ2n) is 9.29. The summed E-state index contributed by atoms with van der Waals surface area (Å²) >= 11 is 5.82. The number of fused-ring (bicyclic) bond motifs is 5. The molecule has 36 heavy (non-hydrogen) atoms. The minimum absolute atomic E-state index is 0.0389. The molecule has 0 aliphatic carbocycles. The predicted octanol–water partition coefficient (Wildman–Crippen LogP) is 3.49. The molecule has 8 nitrogen and oxygen atoms in total. The number of aliphatic hydroxyl groups is 1. The average Bonchev–Trinajstić information content (AvgIpc) is 3.35. The van der Waals surface area contributed by atoms with Gasteiger partial charge in [-0.15, -0.1) is 0 Å². The van der Waals surface area contributed by atoms with E-state index in [9.17, 15) is 27.9 Å². The minimum Gasteiger partial charge on any atom is -0.478 e. The van der Waals surface area contributed by atoms with Crippen molar-refractivity contribution in [3.05, 3.63) is 52.7 Å². The van der Waals surface area contributed by atoms with Crippen LogP contribution in [0.1, 0.15) is 30.9 Å². The molecule has 5 rings (SSSR count). The van der Waals surface area contributed by atoms with Gasteiger partial charge in [0.1, 0.15) is 5.60 Å². The van der Waals surface area contributed by atoms with Gasteiger partial charge in [0.05, 0.1) is 58.1 Å². The van der Waals surface area contributed by atoms with E-state index in [4.69, 9.17) is 26.3 Å². The van der Waals surface area contributed by atoms with Crippen LogP contribution in [-0.4, -0.2) is 45.8 Å². The molecule has 12 heteroatoms. The number of benzene rings is 1. The molecule has 1 N–H and O–H groups in total. The Balaban J connectivity index is 1.46. The number of amides is 2. The first-order valence-corrected chi connectivity index (χ1v) is 11.4. The van der Waals surface area contributed by atoms with Crippen molar-refractivity contribution in [2.24, 2.45) is 11.8 Å². The maximum Gasteiger partial charge on any atom is 0.417 e. The van der Waals surface area contributed by atoms with E-state index in [0.717, 1.165) is 12.1 Å². The van der Waals surface area contributed by atoms with Gasteiger partial charge in [0.2, 0.25) is 17.7 Å². The van der Waals surface area contributed by atoms with Gasteiger partial charge in [0, 0.05) is 25.1 Å². The number of alkyl halides is 3. The van der Waals surface area contributed by atoms with Crippen molar-refractivity contribution in [1.29, 1.82) is 5.26 Å². The number of anilines is 1. The van der Waals surface area contributed by atoms with Crippen molar-refractivity contribution < 1.29 is 37.3 Å². The molecule has 4 heterocycles. The Kier molecular flexibility index (Phi) is 5.55. The molecular weight excluding hydrogens is 503 g/mol. The smallest absolute Gasteiger partial charge is 0.417 e. The Morgan fingerprint density at radius 2 is 2.00 bits per heavy atom. The van der Waals surface area contributed by atoms with E-state index in [1.807, 2.05) is 0 Å². The second-order valence-corrected chi connectivity index (χ2v) is 9.73. The van der Waals surface area contributed by atoms with Crippen LogP contribution in [0, 0.1) is 23.2 Å². The molecule has 3 aliphatic heterocycles. The summed E-state index contributed by atoms with van der Waals surface area (Å²) in [6.45, 7) is 1.57. The zero-order valence-electron chi connectivity index (χ0n) is 18.8. The largest absolute Gasteiger partial charge is 0.478 e. The summed E-state index contributed by atoms with van der Waals surface area (Å²) in [6.07, 6.45) is -4.36. The van der Waals surface area contributed by atoms with Crippen LogP contribution >= 0.6 is 11.6 Å². The van der Waals surface area contributed by atoms with Crippen LogP contribution in [0.4, 0.5) is 18.9 Å². The summed E-state index contributed by atoms with van der Waals surface area (Å²) in [5, 5.41) is 20.2. The van der Waals surface area contributed by atoms with Crippen LogP contribution in [0.2, 0.25) is 5.02 Å². The number of nitrogens with zero attached hydrogens (tertiary/aromatic N) is 3. The third-order valence-electron chi connectivity index (χ3n) is 7.28. The van der Waals surface area contributed by atoms with Crippen LogP contribution in [0.15, 0.2) is 36.5 Å². The molecule has 2 aromatic rings. The number of carbonyl (C=O) groups excluding carboxylic acids is 2. The molecule has 3 aliphatic rings. The number of nitriles is 1. The number of imide groups is 1. The number of aliphatic hydroxyl groups excluding tert-OH is 1. The van der Waals surface area contributed by atoms with Crippen LogP contribution in [-0.2, 0) is 20.5 Å². The van der Waals surface area contributed by atoms with Crippen molar-refractivity contribution in [3.8, 4) is 11.9 Å². The summed E-state index contributed by atoms with van der Waals surface area (Å²) in [5.74, 6) is -3.31. The monoisotopic (exact) mass is 521 g/mol. The van der Waals surface area contributed by atoms with Gasteiger partial charge in [-0.05, 0) is 31.2 Å². The molecule has 3 fully saturated rings. The molecule has 0 unspecified atom stereocenters. The zero-order valence-corrected chi connectivity index (χ0v) is 19.5. The van der Waals surface area contributed by atoms with Crippen molar-refractivity contribution in [3.63, 3.8) is 0 Å². The molecule has 2 bridgehead atoms. The van der Waals surface area contributed by atoms with Crippen molar-refractivity contribution in [1.82, 2.24) is 4.98 Å². The number of pyridine rings is 1. The molecule has 1 aromatic heterocycles. The molecule has 188 valence electrons. The Morgan fingerprint density at radius 3 is 2.64 bits per heavy atom. The van der Waals surface area contributed by atoms with Gasteiger partial charge in [-0.1, -0.05) is 11.6 Å². The first-order valence-electron chi connectivity index (χ1n) is 11.0. The molecular formula is C24H19ClF3N3O5. The quantitative estimate of drug-likeness (QED) is 0.599. The SMILES string of the molecule is C[C@@]12O[C@@](CCOc3ccc(Cl)cn3)(C[C@H]1O)[C@@H]1C(=O)N(c3ccc(C#N)c(C(F)(F)F)c3)C(=O)[C@@H]12. The van der Waals surface area contributed by atoms with Gasteiger partial charge >= 0.3 is 6.18 Å². The maximum atomic E-state index is 13.6. The topological polar surface area (TPSA) is 113 Å². The van der Waals surface area contributed by atoms with Crippen molar-refractivity contribution in [2.45, 2.75) is 43.2 Å². The summed E-state index contributed by atoms with van der Waals surface area (Å²) < 4.78 is 52.4. The highest BCUT2D eigenvalue weighted by Crippen LogP contribution is 2.62. The molecule has 0 spiro atoms. The Morgan fingerprint density at radius 1 is 1.28 bits per heavy atom. The lowest BCUT2D eigenvalue weighted by Crippen LogP contribution is -2.49. The Bertz CT molecular complexity index is 1300. The summed E-state index contributed by atoms with van der Waals surface area (Å²) in [7, 11) is 0. The maximum absolute atomic E-state index is 13.6. The number of carbonyl (C=O) groups is 2. The van der Waals surface area contributed by atoms with Crippen molar-refractivity contribution >= 4 is 29.1 Å². The minimum atomic E-state index is -4.86. The molecule has 1 aromatic carbocycles. The highest BCUT2D eigenvalue weighted by molar-refractivity contribution is 6.30. The van der Waals surface area contributed by atoms with E-state index in [1.54, 1.807) is 12.1 Å². The number of ether oxygens (including phenoxy) is 2. The van der Waals surface area contributed by atoms with Crippen molar-refractivity contribution in [2.75, 3.05) is 11.5 Å². The van der Waals surface area contributed by atoms with Crippen LogP contribution < -0.4 is 9.64 Å². The van der Waals surface area contributed by atoms with E-state index in [0.29, 0.717) is 16.0 Å². The Labute approximate surface area is 208 Å². The summed E-state index contributed by atoms with van der Waals surface area (Å²) in [6, 6.07) is 7.31. The highest BCUT2D eigenvalue weighted by atomic mass is 35.5. The van der Waals surface area contributed by atoms with E-state index in [2.05, 4.69) is 4.98 Å². The molecule has 3 saturated heterocycles. The van der Waals surface area contributed by atoms with Crippen LogP contribution in [0.3, 0.4) is 0 Å². The first kappa shape index (κ1) is 24.5. The third kappa shape index (κ3) is 3.55. The first-order chi connectivity index (χ1) is 16.9. The van der Waals surface area contributed by atoms with Crippen LogP contribution in [0.5, 0.6) is 5.88 Å². The van der Waals surface area contributed by atoms with E-state index in [1.165, 1.54) is 19.2 Å². The molecule has 0 saturated carbocycles. The number of rotatable bonds is 5. The lowest BCUT2D eigenvalue weighted by Gasteiger charge is -2.33. The van der Waals surface area contributed by atoms with Gasteiger partial charge < -0.3 is 14.6 Å². The lowest BCUT2D eigenvalue weighted by atomic mass is 9.66. The van der Waals surface area contributed by atoms with Gasteiger partial charge in [-0.25, -0.2) is 9.88 Å². The lowest BCUT2D eigenvalue weighted by molar-refractivity contribution is -0.138. The fourth-order valence-corrected chi connectivity index (χ4v) is 5.77. The fourth-order valence-electron chi connectivity index (χ4n) is 5.66. The second kappa shape index (κ2) is 8.16. The molecule has 5 atom stereocenters. The zero-order chi connectivity index (χ0) is 26.0. The average molecular weight is 522 g/mol. The Hall–Kier alpha value is -3.20. The standard InChI is InChI=1S/C24H19ClF3N3O5/c1-22-16(32)9-23(36-22,6-7-35-17-5-3-13(25)11-30-17)19-18(22)20(33)31(21(19)34)14-4-2-12(10-29)15(8-14)24(26,27)28/h2-5,8,11,16,18-19,32H,6-7,9H2,1H3/t16-,18-,19+,22-,23+/m1/s1. The highest BCUT2D eigenvalue weighted by Gasteiger charge is 2.77. The van der Waals surface area contributed by atoms with Crippen LogP contribution in [0.25, 0.3) is 0 Å². The van der Waals surface area contributed by atoms with E-state index < -0.39 is 58.3 Å². The summed E-state index contributed by atoms with van der Waals surface area (Å²) in [5.41, 5.74) is -4.82. The molecule has 0 radical (unpaired) electrons.